The number of hydrogen-bond donors (Lipinski definition) is 1. The van der Waals surface area contributed by atoms with Gasteiger partial charge in [-0.15, -0.1) is 15.0 Å². The summed E-state index contributed by atoms with van der Waals surface area (Å²) in [6.45, 7) is 2.02. The molecule has 0 saturated carbocycles. The monoisotopic (exact) mass is 401 g/mol. The van der Waals surface area contributed by atoms with Crippen molar-refractivity contribution in [2.45, 2.75) is 6.92 Å². The minimum atomic E-state index is 0.172. The molecule has 0 aliphatic rings. The molecule has 6 rings (SSSR count). The molecule has 0 atom stereocenters. The van der Waals surface area contributed by atoms with Crippen LogP contribution in [0.2, 0.25) is 0 Å². The fourth-order valence-electron chi connectivity index (χ4n) is 4.38. The van der Waals surface area contributed by atoms with Crippen molar-refractivity contribution in [1.82, 2.24) is 15.0 Å². The van der Waals surface area contributed by atoms with Gasteiger partial charge in [-0.1, -0.05) is 78.9 Å². The van der Waals surface area contributed by atoms with Crippen LogP contribution in [0.15, 0.2) is 91.0 Å². The maximum atomic E-state index is 11.2. The van der Waals surface area contributed by atoms with E-state index in [1.165, 1.54) is 0 Å². The zero-order valence-corrected chi connectivity index (χ0v) is 16.9. The van der Waals surface area contributed by atoms with Gasteiger partial charge < -0.3 is 5.11 Å². The summed E-state index contributed by atoms with van der Waals surface area (Å²) in [6, 6.07) is 30.3. The van der Waals surface area contributed by atoms with Crippen LogP contribution in [0.25, 0.3) is 49.4 Å². The maximum absolute atomic E-state index is 11.2. The third-order valence-corrected chi connectivity index (χ3v) is 5.80. The number of rotatable bonds is 2. The van der Waals surface area contributed by atoms with Crippen molar-refractivity contribution in [3.8, 4) is 22.6 Å². The van der Waals surface area contributed by atoms with E-state index in [2.05, 4.69) is 24.3 Å². The van der Waals surface area contributed by atoms with Gasteiger partial charge in [0.2, 0.25) is 0 Å². The van der Waals surface area contributed by atoms with Gasteiger partial charge in [0.25, 0.3) is 0 Å². The van der Waals surface area contributed by atoms with Gasteiger partial charge in [-0.05, 0) is 41.0 Å². The molecule has 0 radical (unpaired) electrons. The Morgan fingerprint density at radius 3 is 1.74 bits per heavy atom. The largest absolute Gasteiger partial charge is 0.505 e. The lowest BCUT2D eigenvalue weighted by Crippen LogP contribution is -2.00. The summed E-state index contributed by atoms with van der Waals surface area (Å²) in [7, 11) is 0. The molecule has 4 heteroatoms. The van der Waals surface area contributed by atoms with Crippen molar-refractivity contribution < 1.29 is 5.11 Å². The average molecular weight is 401 g/mol. The second-order valence-electron chi connectivity index (χ2n) is 7.82. The lowest BCUT2D eigenvalue weighted by atomic mass is 10.0. The molecule has 6 aromatic rings. The average Bonchev–Trinajstić information content (AvgIpc) is 3.27. The van der Waals surface area contributed by atoms with Crippen LogP contribution in [-0.4, -0.2) is 20.1 Å². The molecule has 5 aromatic carbocycles. The van der Waals surface area contributed by atoms with Crippen molar-refractivity contribution in [3.05, 3.63) is 96.6 Å². The lowest BCUT2D eigenvalue weighted by Gasteiger charge is -2.11. The van der Waals surface area contributed by atoms with Crippen LogP contribution in [-0.2, 0) is 0 Å². The molecule has 0 aliphatic carbocycles. The van der Waals surface area contributed by atoms with Crippen LogP contribution in [0.4, 0.5) is 0 Å². The highest BCUT2D eigenvalue weighted by atomic mass is 16.3. The van der Waals surface area contributed by atoms with Gasteiger partial charge in [0.05, 0.1) is 0 Å². The molecule has 0 aliphatic heterocycles. The van der Waals surface area contributed by atoms with Crippen LogP contribution in [0.1, 0.15) is 5.56 Å². The van der Waals surface area contributed by atoms with E-state index in [9.17, 15) is 5.11 Å². The van der Waals surface area contributed by atoms with Gasteiger partial charge >= 0.3 is 0 Å². The molecule has 1 N–H and O–H groups in total. The summed E-state index contributed by atoms with van der Waals surface area (Å²) in [5.74, 6) is 0.172. The Morgan fingerprint density at radius 2 is 1.16 bits per heavy atom. The summed E-state index contributed by atoms with van der Waals surface area (Å²) >= 11 is 0. The zero-order chi connectivity index (χ0) is 20.9. The Bertz CT molecular complexity index is 1530. The third kappa shape index (κ3) is 2.69. The SMILES string of the molecule is Cc1cc(-c2ccccc2)c(O)c(-n2nc3c4ccccc4c4ccccc4c3n2)c1. The smallest absolute Gasteiger partial charge is 0.150 e. The van der Waals surface area contributed by atoms with E-state index < -0.39 is 0 Å². The van der Waals surface area contributed by atoms with Gasteiger partial charge in [-0.25, -0.2) is 0 Å². The normalized spacial score (nSPS) is 11.5. The second-order valence-corrected chi connectivity index (χ2v) is 7.82. The molecular formula is C27H19N3O. The van der Waals surface area contributed by atoms with Crippen molar-refractivity contribution in [1.29, 1.82) is 0 Å². The molecular weight excluding hydrogens is 382 g/mol. The quantitative estimate of drug-likeness (QED) is 0.341. The Morgan fingerprint density at radius 1 is 0.645 bits per heavy atom. The van der Waals surface area contributed by atoms with E-state index in [-0.39, 0.29) is 5.75 Å². The minimum Gasteiger partial charge on any atom is -0.505 e. The predicted octanol–water partition coefficient (Wildman–Crippen LogP) is 6.41. The first-order chi connectivity index (χ1) is 15.2. The Labute approximate surface area is 179 Å². The molecule has 0 spiro atoms. The molecule has 0 unspecified atom stereocenters. The highest BCUT2D eigenvalue weighted by Gasteiger charge is 2.18. The standard InChI is InChI=1S/C27H19N3O/c1-17-15-23(18-9-3-2-4-10-18)27(31)24(16-17)30-28-25-21-13-7-5-11-19(21)20-12-6-8-14-22(20)26(25)29-30/h2-16,31H,1H3. The van der Waals surface area contributed by atoms with Crippen molar-refractivity contribution in [3.63, 3.8) is 0 Å². The molecule has 1 aromatic heterocycles. The van der Waals surface area contributed by atoms with Crippen LogP contribution < -0.4 is 0 Å². The zero-order valence-electron chi connectivity index (χ0n) is 16.9. The van der Waals surface area contributed by atoms with Gasteiger partial charge in [0.15, 0.2) is 5.75 Å². The first kappa shape index (κ1) is 17.7. The Balaban J connectivity index is 1.68. The number of aryl methyl sites for hydroxylation is 1. The van der Waals surface area contributed by atoms with Gasteiger partial charge in [0.1, 0.15) is 16.7 Å². The summed E-state index contributed by atoms with van der Waals surface area (Å²) in [5.41, 5.74) is 4.99. The summed E-state index contributed by atoms with van der Waals surface area (Å²) < 4.78 is 0. The van der Waals surface area contributed by atoms with E-state index in [0.29, 0.717) is 5.69 Å². The van der Waals surface area contributed by atoms with Crippen LogP contribution in [0, 0.1) is 6.92 Å². The topological polar surface area (TPSA) is 50.9 Å². The van der Waals surface area contributed by atoms with E-state index in [1.807, 2.05) is 73.7 Å². The lowest BCUT2D eigenvalue weighted by molar-refractivity contribution is 0.469. The number of benzene rings is 5. The number of aromatic hydroxyl groups is 1. The Hall–Kier alpha value is -4.18. The molecule has 0 fully saturated rings. The number of nitrogens with zero attached hydrogens (tertiary/aromatic N) is 3. The van der Waals surface area contributed by atoms with Crippen molar-refractivity contribution in [2.75, 3.05) is 0 Å². The number of aromatic nitrogens is 3. The summed E-state index contributed by atoms with van der Waals surface area (Å²) in [4.78, 5) is 1.57. The first-order valence-corrected chi connectivity index (χ1v) is 10.3. The number of phenols is 1. The number of fused-ring (bicyclic) bond motifs is 6. The maximum Gasteiger partial charge on any atom is 0.150 e. The summed E-state index contributed by atoms with van der Waals surface area (Å²) in [5, 5.41) is 25.3. The van der Waals surface area contributed by atoms with Gasteiger partial charge in [-0.2, -0.15) is 0 Å². The molecule has 0 amide bonds. The van der Waals surface area contributed by atoms with Crippen LogP contribution in [0.5, 0.6) is 5.75 Å². The minimum absolute atomic E-state index is 0.172. The van der Waals surface area contributed by atoms with Crippen LogP contribution in [0.3, 0.4) is 0 Å². The molecule has 1 heterocycles. The van der Waals surface area contributed by atoms with Crippen molar-refractivity contribution in [2.24, 2.45) is 0 Å². The van der Waals surface area contributed by atoms with Gasteiger partial charge in [0, 0.05) is 16.3 Å². The fourth-order valence-corrected chi connectivity index (χ4v) is 4.38. The van der Waals surface area contributed by atoms with Crippen LogP contribution >= 0.6 is 0 Å². The first-order valence-electron chi connectivity index (χ1n) is 10.3. The molecule has 4 nitrogen and oxygen atoms in total. The van der Waals surface area contributed by atoms with E-state index in [4.69, 9.17) is 10.2 Å². The van der Waals surface area contributed by atoms with E-state index >= 15 is 0 Å². The van der Waals surface area contributed by atoms with E-state index in [0.717, 1.165) is 49.3 Å². The van der Waals surface area contributed by atoms with Crippen molar-refractivity contribution >= 4 is 32.6 Å². The second kappa shape index (κ2) is 6.67. The molecule has 0 saturated heterocycles. The highest BCUT2D eigenvalue weighted by molar-refractivity contribution is 6.22. The number of phenolic OH excluding ortho intramolecular Hbond substituents is 1. The third-order valence-electron chi connectivity index (χ3n) is 5.80. The molecule has 148 valence electrons. The predicted molar refractivity (Wildman–Crippen MR) is 126 cm³/mol. The number of hydrogen-bond acceptors (Lipinski definition) is 3. The summed E-state index contributed by atoms with van der Waals surface area (Å²) in [6.07, 6.45) is 0. The highest BCUT2D eigenvalue weighted by Crippen LogP contribution is 2.37. The van der Waals surface area contributed by atoms with Gasteiger partial charge in [-0.3, -0.25) is 0 Å². The fraction of sp³-hybridized carbons (Fsp3) is 0.0370. The molecule has 0 bridgehead atoms. The Kier molecular flexibility index (Phi) is 3.80. The molecule has 31 heavy (non-hydrogen) atoms. The van der Waals surface area contributed by atoms with E-state index in [1.54, 1.807) is 4.80 Å².